The van der Waals surface area contributed by atoms with E-state index in [-0.39, 0.29) is 11.8 Å². The van der Waals surface area contributed by atoms with Crippen LogP contribution >= 0.6 is 0 Å². The molecule has 16 heavy (non-hydrogen) atoms. The molecule has 1 fully saturated rings. The monoisotopic (exact) mass is 228 g/mol. The van der Waals surface area contributed by atoms with Gasteiger partial charge in [0.05, 0.1) is 12.0 Å². The van der Waals surface area contributed by atoms with Gasteiger partial charge in [-0.1, -0.05) is 13.8 Å². The van der Waals surface area contributed by atoms with Crippen molar-refractivity contribution in [3.63, 3.8) is 0 Å². The maximum Gasteiger partial charge on any atom is 0.308 e. The third-order valence-electron chi connectivity index (χ3n) is 3.09. The topological polar surface area (TPSA) is 83.6 Å². The van der Waals surface area contributed by atoms with E-state index in [2.05, 4.69) is 0 Å². The lowest BCUT2D eigenvalue weighted by Crippen LogP contribution is -2.50. The number of hydrogen-bond acceptors (Lipinski definition) is 3. The summed E-state index contributed by atoms with van der Waals surface area (Å²) in [7, 11) is 0. The Balaban J connectivity index is 2.60. The third-order valence-corrected chi connectivity index (χ3v) is 3.09. The molecule has 1 amide bonds. The van der Waals surface area contributed by atoms with Gasteiger partial charge in [0.2, 0.25) is 5.91 Å². The van der Waals surface area contributed by atoms with Gasteiger partial charge in [0.15, 0.2) is 0 Å². The SMILES string of the molecule is CC(C)C(N)C(=O)N1CCC[C@H](C(=O)O)C1. The zero-order valence-electron chi connectivity index (χ0n) is 9.85. The molecule has 1 unspecified atom stereocenters. The molecule has 0 saturated carbocycles. The van der Waals surface area contributed by atoms with Crippen LogP contribution in [0.15, 0.2) is 0 Å². The average molecular weight is 228 g/mol. The Morgan fingerprint density at radius 2 is 2.06 bits per heavy atom. The molecule has 0 aliphatic carbocycles. The molecule has 5 nitrogen and oxygen atoms in total. The van der Waals surface area contributed by atoms with Crippen molar-refractivity contribution in [1.82, 2.24) is 4.90 Å². The summed E-state index contributed by atoms with van der Waals surface area (Å²) >= 11 is 0. The summed E-state index contributed by atoms with van der Waals surface area (Å²) in [5.41, 5.74) is 5.77. The fourth-order valence-corrected chi connectivity index (χ4v) is 1.87. The Bertz CT molecular complexity index is 278. The highest BCUT2D eigenvalue weighted by Crippen LogP contribution is 2.18. The van der Waals surface area contributed by atoms with E-state index in [0.717, 1.165) is 6.42 Å². The predicted molar refractivity (Wildman–Crippen MR) is 59.8 cm³/mol. The van der Waals surface area contributed by atoms with Gasteiger partial charge in [0, 0.05) is 13.1 Å². The summed E-state index contributed by atoms with van der Waals surface area (Å²) in [5, 5.41) is 8.92. The standard InChI is InChI=1S/C11H20N2O3/c1-7(2)9(12)10(14)13-5-3-4-8(6-13)11(15)16/h7-9H,3-6,12H2,1-2H3,(H,15,16)/t8-,9?/m0/s1. The molecule has 1 rings (SSSR count). The summed E-state index contributed by atoms with van der Waals surface area (Å²) in [6.45, 7) is 4.71. The molecule has 0 spiro atoms. The Morgan fingerprint density at radius 3 is 2.56 bits per heavy atom. The van der Waals surface area contributed by atoms with Crippen molar-refractivity contribution in [2.24, 2.45) is 17.6 Å². The minimum atomic E-state index is -0.824. The number of carbonyl (C=O) groups excluding carboxylic acids is 1. The zero-order chi connectivity index (χ0) is 12.3. The van der Waals surface area contributed by atoms with E-state index in [9.17, 15) is 9.59 Å². The summed E-state index contributed by atoms with van der Waals surface area (Å²) in [6, 6.07) is -0.521. The summed E-state index contributed by atoms with van der Waals surface area (Å²) in [5.74, 6) is -1.30. The van der Waals surface area contributed by atoms with Crippen molar-refractivity contribution in [1.29, 1.82) is 0 Å². The van der Waals surface area contributed by atoms with Crippen LogP contribution in [0.25, 0.3) is 0 Å². The Labute approximate surface area is 95.6 Å². The van der Waals surface area contributed by atoms with E-state index in [1.165, 1.54) is 0 Å². The second-order valence-corrected chi connectivity index (χ2v) is 4.73. The zero-order valence-corrected chi connectivity index (χ0v) is 9.85. The molecule has 1 saturated heterocycles. The Kier molecular flexibility index (Phi) is 4.29. The van der Waals surface area contributed by atoms with Crippen LogP contribution < -0.4 is 5.73 Å². The third kappa shape index (κ3) is 2.95. The van der Waals surface area contributed by atoms with Crippen LogP contribution in [-0.4, -0.2) is 41.0 Å². The predicted octanol–water partition coefficient (Wildman–Crippen LogP) is 0.293. The van der Waals surface area contributed by atoms with Gasteiger partial charge in [-0.15, -0.1) is 0 Å². The number of hydrogen-bond donors (Lipinski definition) is 2. The van der Waals surface area contributed by atoms with Gasteiger partial charge in [-0.05, 0) is 18.8 Å². The average Bonchev–Trinajstić information content (AvgIpc) is 2.27. The maximum absolute atomic E-state index is 11.9. The molecule has 1 heterocycles. The van der Waals surface area contributed by atoms with Gasteiger partial charge in [-0.2, -0.15) is 0 Å². The molecular weight excluding hydrogens is 208 g/mol. The normalized spacial score (nSPS) is 23.2. The molecule has 0 radical (unpaired) electrons. The summed E-state index contributed by atoms with van der Waals surface area (Å²) in [4.78, 5) is 24.4. The van der Waals surface area contributed by atoms with Crippen molar-refractivity contribution in [2.75, 3.05) is 13.1 Å². The van der Waals surface area contributed by atoms with Gasteiger partial charge >= 0.3 is 5.97 Å². The molecule has 1 aliphatic heterocycles. The fourth-order valence-electron chi connectivity index (χ4n) is 1.87. The smallest absolute Gasteiger partial charge is 0.308 e. The number of likely N-dealkylation sites (tertiary alicyclic amines) is 1. The van der Waals surface area contributed by atoms with Gasteiger partial charge < -0.3 is 15.7 Å². The molecule has 1 aliphatic rings. The lowest BCUT2D eigenvalue weighted by molar-refractivity contribution is -0.146. The van der Waals surface area contributed by atoms with Crippen molar-refractivity contribution in [3.05, 3.63) is 0 Å². The van der Waals surface area contributed by atoms with Gasteiger partial charge in [0.25, 0.3) is 0 Å². The first-order chi connectivity index (χ1) is 7.43. The van der Waals surface area contributed by atoms with Crippen molar-refractivity contribution < 1.29 is 14.7 Å². The van der Waals surface area contributed by atoms with Gasteiger partial charge in [-0.25, -0.2) is 0 Å². The van der Waals surface area contributed by atoms with Crippen LogP contribution in [-0.2, 0) is 9.59 Å². The lowest BCUT2D eigenvalue weighted by Gasteiger charge is -2.33. The van der Waals surface area contributed by atoms with Crippen LogP contribution in [0.5, 0.6) is 0 Å². The minimum Gasteiger partial charge on any atom is -0.481 e. The second-order valence-electron chi connectivity index (χ2n) is 4.73. The first-order valence-corrected chi connectivity index (χ1v) is 5.70. The number of nitrogens with zero attached hydrogens (tertiary/aromatic N) is 1. The number of carbonyl (C=O) groups is 2. The molecule has 92 valence electrons. The van der Waals surface area contributed by atoms with Crippen LogP contribution in [0.4, 0.5) is 0 Å². The van der Waals surface area contributed by atoms with E-state index in [1.54, 1.807) is 4.90 Å². The number of nitrogens with two attached hydrogens (primary N) is 1. The highest BCUT2D eigenvalue weighted by Gasteiger charge is 2.31. The van der Waals surface area contributed by atoms with Crippen molar-refractivity contribution >= 4 is 11.9 Å². The molecule has 0 aromatic rings. The van der Waals surface area contributed by atoms with E-state index < -0.39 is 17.9 Å². The lowest BCUT2D eigenvalue weighted by atomic mass is 9.96. The molecule has 0 bridgehead atoms. The van der Waals surface area contributed by atoms with E-state index in [4.69, 9.17) is 10.8 Å². The molecule has 5 heteroatoms. The number of carboxylic acid groups (broad SMARTS) is 1. The van der Waals surface area contributed by atoms with Crippen molar-refractivity contribution in [3.8, 4) is 0 Å². The molecular formula is C11H20N2O3. The Morgan fingerprint density at radius 1 is 1.44 bits per heavy atom. The van der Waals surface area contributed by atoms with E-state index >= 15 is 0 Å². The molecule has 0 aromatic heterocycles. The number of aliphatic carboxylic acids is 1. The minimum absolute atomic E-state index is 0.0812. The highest BCUT2D eigenvalue weighted by molar-refractivity contribution is 5.82. The summed E-state index contributed by atoms with van der Waals surface area (Å²) in [6.07, 6.45) is 1.39. The highest BCUT2D eigenvalue weighted by atomic mass is 16.4. The quantitative estimate of drug-likeness (QED) is 0.727. The largest absolute Gasteiger partial charge is 0.481 e. The van der Waals surface area contributed by atoms with Crippen LogP contribution in [0.3, 0.4) is 0 Å². The number of carboxylic acids is 1. The van der Waals surface area contributed by atoms with Gasteiger partial charge in [0.1, 0.15) is 0 Å². The summed E-state index contributed by atoms with van der Waals surface area (Å²) < 4.78 is 0. The second kappa shape index (κ2) is 5.30. The van der Waals surface area contributed by atoms with Crippen molar-refractivity contribution in [2.45, 2.75) is 32.7 Å². The van der Waals surface area contributed by atoms with Crippen LogP contribution in [0, 0.1) is 11.8 Å². The van der Waals surface area contributed by atoms with Crippen LogP contribution in [0.1, 0.15) is 26.7 Å². The number of piperidine rings is 1. The molecule has 3 N–H and O–H groups in total. The van der Waals surface area contributed by atoms with Gasteiger partial charge in [-0.3, -0.25) is 9.59 Å². The first-order valence-electron chi connectivity index (χ1n) is 5.70. The Hall–Kier alpha value is -1.10. The molecule has 0 aromatic carbocycles. The first kappa shape index (κ1) is 13.0. The van der Waals surface area contributed by atoms with E-state index in [0.29, 0.717) is 19.5 Å². The number of amides is 1. The van der Waals surface area contributed by atoms with Crippen LogP contribution in [0.2, 0.25) is 0 Å². The number of rotatable bonds is 3. The fraction of sp³-hybridized carbons (Fsp3) is 0.818. The maximum atomic E-state index is 11.9. The van der Waals surface area contributed by atoms with E-state index in [1.807, 2.05) is 13.8 Å². The molecule has 2 atom stereocenters.